The van der Waals surface area contributed by atoms with Crippen molar-refractivity contribution in [3.8, 4) is 0 Å². The highest BCUT2D eigenvalue weighted by molar-refractivity contribution is 6.51. The van der Waals surface area contributed by atoms with Crippen molar-refractivity contribution in [2.24, 2.45) is 0 Å². The molecule has 14 aromatic carbocycles. The highest BCUT2D eigenvalue weighted by atomic mass is 15.2. The molecule has 0 bridgehead atoms. The molecule has 2 aliphatic rings. The van der Waals surface area contributed by atoms with Crippen LogP contribution in [0.5, 0.6) is 0 Å². The number of anilines is 6. The molecule has 0 aromatic heterocycles. The van der Waals surface area contributed by atoms with E-state index in [0.717, 1.165) is 33.9 Å². The molecule has 0 radical (unpaired) electrons. The van der Waals surface area contributed by atoms with Crippen LogP contribution in [0.2, 0.25) is 0 Å². The zero-order chi connectivity index (χ0) is 57.2. The number of benzene rings is 14. The van der Waals surface area contributed by atoms with Gasteiger partial charge in [-0.15, -0.1) is 0 Å². The Morgan fingerprint density at radius 3 is 0.767 bits per heavy atom. The minimum absolute atomic E-state index is 1.13. The fraction of sp³-hybridized carbons (Fsp3) is 0.143. The standard InChI is InChI=1S/C84H68N2/c1-55-25-29-57(30-26-55)33-35-59-37-45-65(46-38-59)85(67-49-41-63(42-50-67)53-61-13-5-3-6-14-61)83-73-21-9-17-69-71-19-11-23-75-79(71)82-80-72(70-18-10-22-74(83)78(70)81(82)77(69)73)20-12-24-76(80)84(75)86(68-51-43-64(44-52-68)54-62-15-7-4-8-16-62)66-47-39-60(40-48-66)36-34-58-31-27-56(2)28-32-58/h9-12,17-54H,3-8,13-16H2,1-2H3. The summed E-state index contributed by atoms with van der Waals surface area (Å²) in [6.45, 7) is 4.28. The molecule has 2 fully saturated rings. The van der Waals surface area contributed by atoms with E-state index in [-0.39, 0.29) is 0 Å². The van der Waals surface area contributed by atoms with Gasteiger partial charge in [-0.25, -0.2) is 0 Å². The van der Waals surface area contributed by atoms with Gasteiger partial charge in [-0.05, 0) is 169 Å². The van der Waals surface area contributed by atoms with Crippen molar-refractivity contribution in [2.45, 2.75) is 78.1 Å². The lowest BCUT2D eigenvalue weighted by Gasteiger charge is -2.33. The molecule has 16 rings (SSSR count). The van der Waals surface area contributed by atoms with Gasteiger partial charge >= 0.3 is 0 Å². The van der Waals surface area contributed by atoms with Gasteiger partial charge in [-0.2, -0.15) is 0 Å². The SMILES string of the molecule is Cc1ccc(C=Cc2ccc(N(c3ccc(C=C4CCCCC4)cc3)c3c4cccc5c6cccc7c(N(c8ccc(C=Cc9ccc(C)cc9)cc8)c8ccc(C=C9CCCCC9)cc8)c8cccc9c%10cccc3c%10c(c45)c(c76)c89)cc2)cc1. The van der Waals surface area contributed by atoms with E-state index in [2.05, 4.69) is 278 Å². The van der Waals surface area contributed by atoms with Crippen LogP contribution in [-0.4, -0.2) is 0 Å². The van der Waals surface area contributed by atoms with Crippen molar-refractivity contribution in [1.29, 1.82) is 0 Å². The molecule has 414 valence electrons. The predicted octanol–water partition coefficient (Wildman–Crippen LogP) is 24.7. The van der Waals surface area contributed by atoms with Crippen LogP contribution in [0, 0.1) is 13.8 Å². The van der Waals surface area contributed by atoms with Crippen LogP contribution in [0.1, 0.15) is 109 Å². The lowest BCUT2D eigenvalue weighted by Crippen LogP contribution is -2.13. The Bertz CT molecular complexity index is 4470. The van der Waals surface area contributed by atoms with Crippen molar-refractivity contribution in [1.82, 2.24) is 0 Å². The van der Waals surface area contributed by atoms with E-state index in [1.807, 2.05) is 0 Å². The zero-order valence-electron chi connectivity index (χ0n) is 49.2. The molecule has 2 saturated carbocycles. The summed E-state index contributed by atoms with van der Waals surface area (Å²) in [6.07, 6.45) is 26.5. The number of nitrogens with zero attached hydrogens (tertiary/aromatic N) is 2. The maximum Gasteiger partial charge on any atom is 0.0619 e. The molecule has 2 aliphatic carbocycles. The lowest BCUT2D eigenvalue weighted by atomic mass is 9.79. The van der Waals surface area contributed by atoms with Crippen molar-refractivity contribution in [2.75, 3.05) is 9.80 Å². The topological polar surface area (TPSA) is 6.48 Å². The Labute approximate surface area is 505 Å². The molecule has 0 amide bonds. The molecule has 0 saturated heterocycles. The summed E-state index contributed by atoms with van der Waals surface area (Å²) in [6, 6.07) is 83.2. The van der Waals surface area contributed by atoms with E-state index in [9.17, 15) is 0 Å². The smallest absolute Gasteiger partial charge is 0.0619 e. The first-order valence-electron chi connectivity index (χ1n) is 31.4. The van der Waals surface area contributed by atoms with Crippen molar-refractivity contribution >= 4 is 146 Å². The molecule has 0 unspecified atom stereocenters. The van der Waals surface area contributed by atoms with Gasteiger partial charge < -0.3 is 9.80 Å². The van der Waals surface area contributed by atoms with Crippen molar-refractivity contribution < 1.29 is 0 Å². The summed E-state index contributed by atoms with van der Waals surface area (Å²) in [5.74, 6) is 0. The van der Waals surface area contributed by atoms with Gasteiger partial charge in [0.2, 0.25) is 0 Å². The third-order valence-corrected chi connectivity index (χ3v) is 19.0. The van der Waals surface area contributed by atoms with Gasteiger partial charge in [0.25, 0.3) is 0 Å². The van der Waals surface area contributed by atoms with Gasteiger partial charge in [-0.1, -0.05) is 241 Å². The minimum atomic E-state index is 1.13. The largest absolute Gasteiger partial charge is 0.309 e. The number of allylic oxidation sites excluding steroid dienone is 2. The van der Waals surface area contributed by atoms with Crippen LogP contribution in [-0.2, 0) is 0 Å². The quantitative estimate of drug-likeness (QED) is 0.0683. The first-order valence-corrected chi connectivity index (χ1v) is 31.4. The van der Waals surface area contributed by atoms with Gasteiger partial charge in [0.05, 0.1) is 11.4 Å². The normalized spacial score (nSPS) is 14.3. The van der Waals surface area contributed by atoms with Crippen LogP contribution in [0.25, 0.3) is 112 Å². The van der Waals surface area contributed by atoms with Crippen LogP contribution < -0.4 is 9.80 Å². The molecule has 0 heterocycles. The summed E-state index contributed by atoms with van der Waals surface area (Å²) < 4.78 is 0. The summed E-state index contributed by atoms with van der Waals surface area (Å²) in [7, 11) is 0. The molecule has 0 aliphatic heterocycles. The molecule has 2 nitrogen and oxygen atoms in total. The maximum atomic E-state index is 2.56. The molecular formula is C84H68N2. The van der Waals surface area contributed by atoms with E-state index in [1.54, 1.807) is 11.1 Å². The fourth-order valence-corrected chi connectivity index (χ4v) is 14.7. The van der Waals surface area contributed by atoms with Crippen LogP contribution in [0.3, 0.4) is 0 Å². The summed E-state index contributed by atoms with van der Waals surface area (Å²) >= 11 is 0. The summed E-state index contributed by atoms with van der Waals surface area (Å²) in [5, 5.41) is 18.1. The van der Waals surface area contributed by atoms with Crippen LogP contribution >= 0.6 is 0 Å². The monoisotopic (exact) mass is 1100 g/mol. The highest BCUT2D eigenvalue weighted by Gasteiger charge is 2.30. The maximum absolute atomic E-state index is 2.56. The van der Waals surface area contributed by atoms with E-state index in [0.29, 0.717) is 0 Å². The minimum Gasteiger partial charge on any atom is -0.309 e. The zero-order valence-corrected chi connectivity index (χ0v) is 49.2. The predicted molar refractivity (Wildman–Crippen MR) is 374 cm³/mol. The molecule has 2 heteroatoms. The van der Waals surface area contributed by atoms with Crippen molar-refractivity contribution in [3.63, 3.8) is 0 Å². The van der Waals surface area contributed by atoms with E-state index >= 15 is 0 Å². The van der Waals surface area contributed by atoms with Gasteiger partial charge in [0, 0.05) is 76.6 Å². The molecule has 86 heavy (non-hydrogen) atoms. The van der Waals surface area contributed by atoms with Gasteiger partial charge in [0.1, 0.15) is 0 Å². The lowest BCUT2D eigenvalue weighted by molar-refractivity contribution is 0.602. The summed E-state index contributed by atoms with van der Waals surface area (Å²) in [5.41, 5.74) is 19.9. The van der Waals surface area contributed by atoms with Crippen LogP contribution in [0.15, 0.2) is 230 Å². The number of hydrogen-bond donors (Lipinski definition) is 0. The highest BCUT2D eigenvalue weighted by Crippen LogP contribution is 2.58. The second kappa shape index (κ2) is 21.7. The van der Waals surface area contributed by atoms with Gasteiger partial charge in [-0.3, -0.25) is 0 Å². The molecule has 0 atom stereocenters. The van der Waals surface area contributed by atoms with Crippen LogP contribution in [0.4, 0.5) is 34.1 Å². The Balaban J connectivity index is 0.921. The third kappa shape index (κ3) is 9.18. The number of aryl methyl sites for hydroxylation is 2. The van der Waals surface area contributed by atoms with E-state index in [4.69, 9.17) is 0 Å². The van der Waals surface area contributed by atoms with E-state index < -0.39 is 0 Å². The first-order chi connectivity index (χ1) is 42.5. The Morgan fingerprint density at radius 2 is 0.488 bits per heavy atom. The Kier molecular flexibility index (Phi) is 13.1. The second-order valence-corrected chi connectivity index (χ2v) is 24.6. The Hall–Kier alpha value is -9.76. The molecular weight excluding hydrogens is 1040 g/mol. The molecule has 0 spiro atoms. The third-order valence-electron chi connectivity index (χ3n) is 19.0. The number of hydrogen-bond acceptors (Lipinski definition) is 2. The van der Waals surface area contributed by atoms with Crippen molar-refractivity contribution in [3.05, 3.63) is 274 Å². The fourth-order valence-electron chi connectivity index (χ4n) is 14.7. The number of fused-ring (bicyclic) bond motifs is 2. The average Bonchev–Trinajstić information content (AvgIpc) is 0.675. The van der Waals surface area contributed by atoms with Gasteiger partial charge in [0.15, 0.2) is 0 Å². The Morgan fingerprint density at radius 1 is 0.244 bits per heavy atom. The summed E-state index contributed by atoms with van der Waals surface area (Å²) in [4.78, 5) is 5.11. The van der Waals surface area contributed by atoms with E-state index in [1.165, 1.54) is 184 Å². The molecule has 14 aromatic rings. The first kappa shape index (κ1) is 51.8. The number of rotatable bonds is 12. The average molecular weight is 1110 g/mol. The second-order valence-electron chi connectivity index (χ2n) is 24.6. The molecule has 0 N–H and O–H groups in total.